The molecule has 1 N–H and O–H groups in total. The normalized spacial score (nSPS) is 18.8. The van der Waals surface area contributed by atoms with Crippen molar-refractivity contribution in [2.45, 2.75) is 44.7 Å². The van der Waals surface area contributed by atoms with Gasteiger partial charge in [-0.3, -0.25) is 9.59 Å². The van der Waals surface area contributed by atoms with Gasteiger partial charge in [-0.05, 0) is 54.7 Å². The average molecular weight is 396 g/mol. The number of halogens is 2. The first kappa shape index (κ1) is 19.3. The molecular weight excluding hydrogens is 374 g/mol. The molecule has 2 aromatic carbocycles. The maximum Gasteiger partial charge on any atom is 0.251 e. The van der Waals surface area contributed by atoms with Gasteiger partial charge in [-0.2, -0.15) is 0 Å². The quantitative estimate of drug-likeness (QED) is 0.805. The highest BCUT2D eigenvalue weighted by Gasteiger charge is 2.40. The van der Waals surface area contributed by atoms with Crippen LogP contribution in [-0.4, -0.2) is 22.8 Å². The molecule has 1 atom stereocenters. The van der Waals surface area contributed by atoms with E-state index in [9.17, 15) is 18.4 Å². The number of para-hydroxylation sites is 1. The standard InChI is InChI=1S/C23H22F2N2O2/c24-16-11-9-15(10-12-16)14-27-21-8-4-1-5-17(21)18(23(27)29)13-22(28)26-20-7-3-2-6-19(20)25/h2-3,6-7,9-12,21H,1,4-5,8,13-14H2,(H,26,28). The van der Waals surface area contributed by atoms with Gasteiger partial charge in [0.1, 0.15) is 11.6 Å². The Hall–Kier alpha value is -3.02. The molecule has 0 radical (unpaired) electrons. The molecule has 1 saturated carbocycles. The van der Waals surface area contributed by atoms with E-state index in [0.29, 0.717) is 12.1 Å². The van der Waals surface area contributed by atoms with Crippen LogP contribution in [-0.2, 0) is 16.1 Å². The molecule has 4 nitrogen and oxygen atoms in total. The molecule has 1 unspecified atom stereocenters. The maximum atomic E-state index is 13.8. The SMILES string of the molecule is O=C(CC1=C2CCCCC2N(Cc2ccc(F)cc2)C1=O)Nc1ccccc1F. The third kappa shape index (κ3) is 4.06. The molecule has 0 spiro atoms. The van der Waals surface area contributed by atoms with Crippen LogP contribution in [0.1, 0.15) is 37.7 Å². The minimum atomic E-state index is -0.510. The molecule has 1 heterocycles. The van der Waals surface area contributed by atoms with Gasteiger partial charge in [0.05, 0.1) is 18.2 Å². The van der Waals surface area contributed by atoms with Crippen molar-refractivity contribution in [1.29, 1.82) is 0 Å². The number of carbonyl (C=O) groups is 2. The summed E-state index contributed by atoms with van der Waals surface area (Å²) in [6.45, 7) is 0.381. The van der Waals surface area contributed by atoms with Crippen molar-refractivity contribution < 1.29 is 18.4 Å². The number of nitrogens with zero attached hydrogens (tertiary/aromatic N) is 1. The number of fused-ring (bicyclic) bond motifs is 1. The first-order chi connectivity index (χ1) is 14.0. The second kappa shape index (κ2) is 8.15. The van der Waals surface area contributed by atoms with Gasteiger partial charge in [0.25, 0.3) is 5.91 Å². The molecule has 1 fully saturated rings. The van der Waals surface area contributed by atoms with Gasteiger partial charge in [0.2, 0.25) is 5.91 Å². The highest BCUT2D eigenvalue weighted by atomic mass is 19.1. The molecule has 2 aromatic rings. The Balaban J connectivity index is 1.52. The third-order valence-corrected chi connectivity index (χ3v) is 5.61. The minimum absolute atomic E-state index is 0.0161. The summed E-state index contributed by atoms with van der Waals surface area (Å²) in [4.78, 5) is 27.4. The van der Waals surface area contributed by atoms with Gasteiger partial charge < -0.3 is 10.2 Å². The molecule has 150 valence electrons. The Labute approximate surface area is 168 Å². The lowest BCUT2D eigenvalue weighted by atomic mass is 9.88. The molecular formula is C23H22F2N2O2. The zero-order valence-corrected chi connectivity index (χ0v) is 16.0. The average Bonchev–Trinajstić information content (AvgIpc) is 2.97. The Bertz CT molecular complexity index is 969. The van der Waals surface area contributed by atoms with Crippen LogP contribution in [0.5, 0.6) is 0 Å². The van der Waals surface area contributed by atoms with E-state index in [-0.39, 0.29) is 29.9 Å². The van der Waals surface area contributed by atoms with E-state index in [1.807, 2.05) is 0 Å². The number of nitrogens with one attached hydrogen (secondary N) is 1. The summed E-state index contributed by atoms with van der Waals surface area (Å²) in [5, 5.41) is 2.56. The van der Waals surface area contributed by atoms with Crippen molar-refractivity contribution >= 4 is 17.5 Å². The van der Waals surface area contributed by atoms with E-state index in [1.165, 1.54) is 24.3 Å². The monoisotopic (exact) mass is 396 g/mol. The van der Waals surface area contributed by atoms with Gasteiger partial charge in [0, 0.05) is 12.1 Å². The van der Waals surface area contributed by atoms with Crippen LogP contribution >= 0.6 is 0 Å². The van der Waals surface area contributed by atoms with E-state index in [0.717, 1.165) is 36.8 Å². The Morgan fingerprint density at radius 1 is 1.07 bits per heavy atom. The number of amides is 2. The van der Waals surface area contributed by atoms with Crippen LogP contribution in [0, 0.1) is 11.6 Å². The number of benzene rings is 2. The Kier molecular flexibility index (Phi) is 5.43. The zero-order valence-electron chi connectivity index (χ0n) is 16.0. The van der Waals surface area contributed by atoms with Crippen LogP contribution in [0.15, 0.2) is 59.7 Å². The first-order valence-electron chi connectivity index (χ1n) is 9.84. The fraction of sp³-hybridized carbons (Fsp3) is 0.304. The zero-order chi connectivity index (χ0) is 20.4. The summed E-state index contributed by atoms with van der Waals surface area (Å²) in [5.74, 6) is -1.38. The van der Waals surface area contributed by atoms with Gasteiger partial charge >= 0.3 is 0 Å². The summed E-state index contributed by atoms with van der Waals surface area (Å²) in [7, 11) is 0. The topological polar surface area (TPSA) is 49.4 Å². The van der Waals surface area contributed by atoms with Crippen molar-refractivity contribution in [3.8, 4) is 0 Å². The van der Waals surface area contributed by atoms with Gasteiger partial charge in [-0.25, -0.2) is 8.78 Å². The molecule has 4 rings (SSSR count). The van der Waals surface area contributed by atoms with E-state index in [4.69, 9.17) is 0 Å². The van der Waals surface area contributed by atoms with E-state index in [1.54, 1.807) is 29.2 Å². The fourth-order valence-corrected chi connectivity index (χ4v) is 4.22. The van der Waals surface area contributed by atoms with Crippen molar-refractivity contribution in [2.24, 2.45) is 0 Å². The smallest absolute Gasteiger partial charge is 0.251 e. The van der Waals surface area contributed by atoms with Crippen LogP contribution in [0.4, 0.5) is 14.5 Å². The predicted octanol–water partition coefficient (Wildman–Crippen LogP) is 4.58. The van der Waals surface area contributed by atoms with Crippen molar-refractivity contribution in [3.63, 3.8) is 0 Å². The molecule has 2 amide bonds. The first-order valence-corrected chi connectivity index (χ1v) is 9.84. The summed E-state index contributed by atoms with van der Waals surface area (Å²) in [6.07, 6.45) is 3.59. The summed E-state index contributed by atoms with van der Waals surface area (Å²) in [6, 6.07) is 12.1. The van der Waals surface area contributed by atoms with Gasteiger partial charge in [0.15, 0.2) is 0 Å². The van der Waals surface area contributed by atoms with E-state index < -0.39 is 11.7 Å². The molecule has 0 aromatic heterocycles. The Morgan fingerprint density at radius 2 is 1.83 bits per heavy atom. The number of rotatable bonds is 5. The molecule has 0 saturated heterocycles. The number of hydrogen-bond donors (Lipinski definition) is 1. The molecule has 1 aliphatic carbocycles. The Morgan fingerprint density at radius 3 is 2.59 bits per heavy atom. The van der Waals surface area contributed by atoms with Gasteiger partial charge in [-0.15, -0.1) is 0 Å². The summed E-state index contributed by atoms with van der Waals surface area (Å²) in [5.41, 5.74) is 2.50. The predicted molar refractivity (Wildman–Crippen MR) is 106 cm³/mol. The lowest BCUT2D eigenvalue weighted by Crippen LogP contribution is -2.36. The van der Waals surface area contributed by atoms with Crippen LogP contribution < -0.4 is 5.32 Å². The number of carbonyl (C=O) groups excluding carboxylic acids is 2. The van der Waals surface area contributed by atoms with Crippen molar-refractivity contribution in [3.05, 3.63) is 76.9 Å². The number of anilines is 1. The molecule has 1 aliphatic heterocycles. The van der Waals surface area contributed by atoms with E-state index >= 15 is 0 Å². The van der Waals surface area contributed by atoms with Crippen molar-refractivity contribution in [2.75, 3.05) is 5.32 Å². The second-order valence-electron chi connectivity index (χ2n) is 7.53. The third-order valence-electron chi connectivity index (χ3n) is 5.61. The van der Waals surface area contributed by atoms with Crippen LogP contribution in [0.3, 0.4) is 0 Å². The van der Waals surface area contributed by atoms with E-state index in [2.05, 4.69) is 5.32 Å². The summed E-state index contributed by atoms with van der Waals surface area (Å²) >= 11 is 0. The molecule has 29 heavy (non-hydrogen) atoms. The second-order valence-corrected chi connectivity index (χ2v) is 7.53. The molecule has 0 bridgehead atoms. The minimum Gasteiger partial charge on any atom is -0.328 e. The fourth-order valence-electron chi connectivity index (χ4n) is 4.22. The number of hydrogen-bond acceptors (Lipinski definition) is 2. The largest absolute Gasteiger partial charge is 0.328 e. The molecule has 6 heteroatoms. The lowest BCUT2D eigenvalue weighted by molar-refractivity contribution is -0.129. The van der Waals surface area contributed by atoms with Crippen molar-refractivity contribution in [1.82, 2.24) is 4.90 Å². The molecule has 2 aliphatic rings. The van der Waals surface area contributed by atoms with Crippen LogP contribution in [0.2, 0.25) is 0 Å². The maximum absolute atomic E-state index is 13.8. The van der Waals surface area contributed by atoms with Crippen LogP contribution in [0.25, 0.3) is 0 Å². The summed E-state index contributed by atoms with van der Waals surface area (Å²) < 4.78 is 27.0. The lowest BCUT2D eigenvalue weighted by Gasteiger charge is -2.30. The highest BCUT2D eigenvalue weighted by molar-refractivity contribution is 6.04. The van der Waals surface area contributed by atoms with Gasteiger partial charge in [-0.1, -0.05) is 30.7 Å². The highest BCUT2D eigenvalue weighted by Crippen LogP contribution is 2.38.